The van der Waals surface area contributed by atoms with Gasteiger partial charge in [0.15, 0.2) is 11.9 Å². The third-order valence-electron chi connectivity index (χ3n) is 4.29. The van der Waals surface area contributed by atoms with Gasteiger partial charge in [-0.1, -0.05) is 17.7 Å². The first-order valence-corrected chi connectivity index (χ1v) is 6.80. The number of rotatable bonds is 1. The van der Waals surface area contributed by atoms with Crippen molar-refractivity contribution in [1.82, 2.24) is 0 Å². The Hall–Kier alpha value is -2.07. The van der Waals surface area contributed by atoms with Crippen LogP contribution in [0.2, 0.25) is 5.02 Å². The van der Waals surface area contributed by atoms with Crippen LogP contribution < -0.4 is 10.0 Å². The average Bonchev–Trinajstić information content (AvgIpc) is 3.11. The molecule has 1 aromatic heterocycles. The van der Waals surface area contributed by atoms with Crippen LogP contribution in [0.1, 0.15) is 23.6 Å². The number of carbonyl (C=O) groups is 1. The van der Waals surface area contributed by atoms with Gasteiger partial charge in [0.25, 0.3) is 0 Å². The van der Waals surface area contributed by atoms with Crippen LogP contribution in [0, 0.1) is 5.21 Å². The highest BCUT2D eigenvalue weighted by Gasteiger charge is 2.67. The van der Waals surface area contributed by atoms with Crippen LogP contribution in [0.4, 0.5) is 5.69 Å². The number of anilines is 1. The largest absolute Gasteiger partial charge is 0.618 e. The van der Waals surface area contributed by atoms with E-state index >= 15 is 0 Å². The van der Waals surface area contributed by atoms with Crippen LogP contribution >= 0.6 is 11.6 Å². The number of carbonyl (C=O) groups excluding carboxylic acids is 1. The molecule has 1 amide bonds. The standard InChI is InChI=1S/C15H11ClN2O2/c16-9-4-5-12-10(7-9)15(14(19)17-12)8-11(15)13-3-1-2-6-18(13)20/h1-7,11H,8H2,(H,17,19)/t11-,15-/m1/s1. The Labute approximate surface area is 120 Å². The highest BCUT2D eigenvalue weighted by atomic mass is 35.5. The minimum Gasteiger partial charge on any atom is -0.618 e. The van der Waals surface area contributed by atoms with Crippen molar-refractivity contribution >= 4 is 23.2 Å². The number of hydrogen-bond donors (Lipinski definition) is 1. The minimum absolute atomic E-state index is 0.0383. The molecule has 100 valence electrons. The molecule has 20 heavy (non-hydrogen) atoms. The topological polar surface area (TPSA) is 56.0 Å². The number of nitrogens with one attached hydrogen (secondary N) is 1. The quantitative estimate of drug-likeness (QED) is 0.646. The van der Waals surface area contributed by atoms with Gasteiger partial charge in [-0.05, 0) is 30.2 Å². The molecule has 2 heterocycles. The zero-order valence-corrected chi connectivity index (χ0v) is 11.2. The van der Waals surface area contributed by atoms with Crippen molar-refractivity contribution in [3.05, 3.63) is 64.1 Å². The molecule has 4 nitrogen and oxygen atoms in total. The van der Waals surface area contributed by atoms with E-state index in [1.54, 1.807) is 18.2 Å². The second kappa shape index (κ2) is 3.73. The van der Waals surface area contributed by atoms with E-state index in [1.807, 2.05) is 18.2 Å². The van der Waals surface area contributed by atoms with E-state index in [4.69, 9.17) is 11.6 Å². The summed E-state index contributed by atoms with van der Waals surface area (Å²) < 4.78 is 0.842. The zero-order valence-electron chi connectivity index (χ0n) is 10.5. The van der Waals surface area contributed by atoms with E-state index in [2.05, 4.69) is 5.32 Å². The van der Waals surface area contributed by atoms with Crippen molar-refractivity contribution in [2.75, 3.05) is 5.32 Å². The Morgan fingerprint density at radius 1 is 1.35 bits per heavy atom. The van der Waals surface area contributed by atoms with Gasteiger partial charge < -0.3 is 10.5 Å². The van der Waals surface area contributed by atoms with E-state index < -0.39 is 5.41 Å². The van der Waals surface area contributed by atoms with Gasteiger partial charge in [-0.25, -0.2) is 0 Å². The lowest BCUT2D eigenvalue weighted by Crippen LogP contribution is -2.32. The molecule has 1 saturated carbocycles. The number of hydrogen-bond acceptors (Lipinski definition) is 2. The fourth-order valence-electron chi connectivity index (χ4n) is 3.23. The normalized spacial score (nSPS) is 26.4. The fourth-order valence-corrected chi connectivity index (χ4v) is 3.40. The zero-order chi connectivity index (χ0) is 13.9. The molecule has 2 aromatic rings. The number of nitrogens with zero attached hydrogens (tertiary/aromatic N) is 1. The first kappa shape index (κ1) is 11.7. The van der Waals surface area contributed by atoms with Gasteiger partial charge in [0.05, 0.1) is 11.3 Å². The summed E-state index contributed by atoms with van der Waals surface area (Å²) in [5, 5.41) is 15.4. The van der Waals surface area contributed by atoms with Crippen LogP contribution in [0.25, 0.3) is 0 Å². The maximum atomic E-state index is 12.4. The summed E-state index contributed by atoms with van der Waals surface area (Å²) in [5.41, 5.74) is 1.72. The molecule has 5 heteroatoms. The maximum absolute atomic E-state index is 12.4. The number of halogens is 1. The predicted molar refractivity (Wildman–Crippen MR) is 74.5 cm³/mol. The molecule has 1 aromatic carbocycles. The molecule has 2 aliphatic rings. The number of benzene rings is 1. The second-order valence-electron chi connectivity index (χ2n) is 5.32. The van der Waals surface area contributed by atoms with Crippen molar-refractivity contribution in [3.63, 3.8) is 0 Å². The van der Waals surface area contributed by atoms with Gasteiger partial charge in [0.2, 0.25) is 5.91 Å². The summed E-state index contributed by atoms with van der Waals surface area (Å²) in [4.78, 5) is 12.4. The van der Waals surface area contributed by atoms with Crippen LogP contribution in [0.3, 0.4) is 0 Å². The number of pyridine rings is 1. The average molecular weight is 287 g/mol. The van der Waals surface area contributed by atoms with E-state index in [1.165, 1.54) is 6.20 Å². The van der Waals surface area contributed by atoms with Crippen molar-refractivity contribution in [1.29, 1.82) is 0 Å². The van der Waals surface area contributed by atoms with E-state index in [-0.39, 0.29) is 11.8 Å². The monoisotopic (exact) mass is 286 g/mol. The van der Waals surface area contributed by atoms with Crippen LogP contribution in [0.5, 0.6) is 0 Å². The van der Waals surface area contributed by atoms with Gasteiger partial charge >= 0.3 is 0 Å². The first-order valence-electron chi connectivity index (χ1n) is 6.42. The van der Waals surface area contributed by atoms with Crippen molar-refractivity contribution in [2.24, 2.45) is 0 Å². The fraction of sp³-hybridized carbons (Fsp3) is 0.200. The summed E-state index contributed by atoms with van der Waals surface area (Å²) in [6.45, 7) is 0. The molecule has 0 unspecified atom stereocenters. The SMILES string of the molecule is O=C1Nc2ccc(Cl)cc2[C@@]12C[C@@H]2c1cccc[n+]1[O-]. The Bertz CT molecular complexity index is 746. The third kappa shape index (κ3) is 1.37. The summed E-state index contributed by atoms with van der Waals surface area (Å²) in [6.07, 6.45) is 2.12. The minimum atomic E-state index is -0.617. The van der Waals surface area contributed by atoms with Crippen molar-refractivity contribution < 1.29 is 9.52 Å². The summed E-state index contributed by atoms with van der Waals surface area (Å²) >= 11 is 6.05. The van der Waals surface area contributed by atoms with Crippen molar-refractivity contribution in [2.45, 2.75) is 17.8 Å². The Morgan fingerprint density at radius 3 is 3.00 bits per heavy atom. The number of amides is 1. The highest BCUT2D eigenvalue weighted by Crippen LogP contribution is 2.64. The first-order chi connectivity index (χ1) is 9.63. The van der Waals surface area contributed by atoms with Gasteiger partial charge in [-0.3, -0.25) is 4.79 Å². The van der Waals surface area contributed by atoms with Gasteiger partial charge in [0, 0.05) is 22.8 Å². The van der Waals surface area contributed by atoms with E-state index in [0.29, 0.717) is 17.1 Å². The van der Waals surface area contributed by atoms with Crippen LogP contribution in [0.15, 0.2) is 42.6 Å². The molecule has 0 radical (unpaired) electrons. The molecule has 0 saturated heterocycles. The summed E-state index contributed by atoms with van der Waals surface area (Å²) in [5.74, 6) is -0.121. The maximum Gasteiger partial charge on any atom is 0.236 e. The second-order valence-corrected chi connectivity index (χ2v) is 5.76. The Kier molecular flexibility index (Phi) is 2.19. The smallest absolute Gasteiger partial charge is 0.236 e. The lowest BCUT2D eigenvalue weighted by Gasteiger charge is -2.09. The Balaban J connectivity index is 1.84. The lowest BCUT2D eigenvalue weighted by atomic mass is 9.93. The van der Waals surface area contributed by atoms with E-state index in [0.717, 1.165) is 16.0 Å². The molecular weight excluding hydrogens is 276 g/mol. The van der Waals surface area contributed by atoms with Gasteiger partial charge in [-0.15, -0.1) is 0 Å². The third-order valence-corrected chi connectivity index (χ3v) is 4.52. The van der Waals surface area contributed by atoms with Gasteiger partial charge in [-0.2, -0.15) is 4.73 Å². The molecule has 1 aliphatic carbocycles. The van der Waals surface area contributed by atoms with E-state index in [9.17, 15) is 10.0 Å². The molecule has 1 spiro atoms. The van der Waals surface area contributed by atoms with Crippen LogP contribution in [-0.4, -0.2) is 5.91 Å². The van der Waals surface area contributed by atoms with Crippen molar-refractivity contribution in [3.8, 4) is 0 Å². The summed E-state index contributed by atoms with van der Waals surface area (Å²) in [7, 11) is 0. The lowest BCUT2D eigenvalue weighted by molar-refractivity contribution is -0.614. The highest BCUT2D eigenvalue weighted by molar-refractivity contribution is 6.31. The number of fused-ring (bicyclic) bond motifs is 2. The molecule has 0 bridgehead atoms. The molecule has 1 aliphatic heterocycles. The molecule has 1 N–H and O–H groups in total. The summed E-state index contributed by atoms with van der Waals surface area (Å²) in [6, 6.07) is 10.7. The molecule has 1 fully saturated rings. The van der Waals surface area contributed by atoms with Gasteiger partial charge in [0.1, 0.15) is 0 Å². The Morgan fingerprint density at radius 2 is 2.20 bits per heavy atom. The molecular formula is C15H11ClN2O2. The molecule has 2 atom stereocenters. The predicted octanol–water partition coefficient (Wildman–Crippen LogP) is 2.35. The van der Waals surface area contributed by atoms with Crippen LogP contribution in [-0.2, 0) is 10.2 Å². The molecule has 4 rings (SSSR count). The number of aromatic nitrogens is 1.